The first kappa shape index (κ1) is 18.3. The van der Waals surface area contributed by atoms with Crippen molar-refractivity contribution in [2.75, 3.05) is 12.4 Å². The van der Waals surface area contributed by atoms with Crippen LogP contribution in [-0.2, 0) is 17.8 Å². The van der Waals surface area contributed by atoms with Crippen LogP contribution >= 0.6 is 11.3 Å². The van der Waals surface area contributed by atoms with Crippen molar-refractivity contribution in [1.82, 2.24) is 10.3 Å². The Labute approximate surface area is 147 Å². The minimum Gasteiger partial charge on any atom is -0.497 e. The maximum absolute atomic E-state index is 12.5. The number of nitrogens with one attached hydrogen (secondary N) is 2. The number of methoxy groups -OCH3 is 1. The number of rotatable bonds is 8. The maximum atomic E-state index is 12.5. The zero-order valence-electron chi connectivity index (χ0n) is 14.7. The summed E-state index contributed by atoms with van der Waals surface area (Å²) in [5, 5.41) is 7.33. The molecule has 1 aromatic carbocycles. The summed E-state index contributed by atoms with van der Waals surface area (Å²) < 4.78 is 5.22. The molecule has 0 aliphatic carbocycles. The van der Waals surface area contributed by atoms with Gasteiger partial charge in [0.25, 0.3) is 0 Å². The van der Waals surface area contributed by atoms with E-state index in [0.717, 1.165) is 33.4 Å². The predicted octanol–water partition coefficient (Wildman–Crippen LogP) is 3.53. The first-order chi connectivity index (χ1) is 11.6. The van der Waals surface area contributed by atoms with E-state index in [9.17, 15) is 4.79 Å². The largest absolute Gasteiger partial charge is 0.497 e. The van der Waals surface area contributed by atoms with Gasteiger partial charge < -0.3 is 15.4 Å². The first-order valence-corrected chi connectivity index (χ1v) is 9.02. The topological polar surface area (TPSA) is 63.2 Å². The van der Waals surface area contributed by atoms with E-state index in [0.29, 0.717) is 13.0 Å². The molecule has 5 nitrogen and oxygen atoms in total. The molecule has 0 aliphatic rings. The summed E-state index contributed by atoms with van der Waals surface area (Å²) >= 11 is 1.65. The van der Waals surface area contributed by atoms with Crippen LogP contribution in [0.3, 0.4) is 0 Å². The van der Waals surface area contributed by atoms with E-state index in [1.165, 1.54) is 0 Å². The number of carbonyl (C=O) groups excluding carboxylic acids is 1. The van der Waals surface area contributed by atoms with E-state index in [2.05, 4.69) is 22.5 Å². The van der Waals surface area contributed by atoms with Gasteiger partial charge in [0.05, 0.1) is 24.4 Å². The van der Waals surface area contributed by atoms with Crippen LogP contribution in [0.4, 0.5) is 5.69 Å². The molecule has 6 heteroatoms. The van der Waals surface area contributed by atoms with Gasteiger partial charge >= 0.3 is 0 Å². The Morgan fingerprint density at radius 1 is 1.38 bits per heavy atom. The molecule has 130 valence electrons. The van der Waals surface area contributed by atoms with Gasteiger partial charge in [0.2, 0.25) is 5.91 Å². The molecule has 0 radical (unpaired) electrons. The highest BCUT2D eigenvalue weighted by Crippen LogP contribution is 2.20. The second kappa shape index (κ2) is 8.68. The summed E-state index contributed by atoms with van der Waals surface area (Å²) in [6, 6.07) is 7.32. The second-order valence-corrected chi connectivity index (χ2v) is 6.80. The van der Waals surface area contributed by atoms with Crippen molar-refractivity contribution in [3.8, 4) is 5.75 Å². The molecule has 0 saturated carbocycles. The fourth-order valence-corrected chi connectivity index (χ4v) is 3.45. The van der Waals surface area contributed by atoms with Gasteiger partial charge in [-0.1, -0.05) is 19.9 Å². The molecular weight excluding hydrogens is 322 g/mol. The number of thiazole rings is 1. The summed E-state index contributed by atoms with van der Waals surface area (Å²) in [6.45, 7) is 6.60. The van der Waals surface area contributed by atoms with Crippen LogP contribution in [0, 0.1) is 6.92 Å². The lowest BCUT2D eigenvalue weighted by molar-refractivity contribution is -0.122. The van der Waals surface area contributed by atoms with E-state index >= 15 is 0 Å². The Morgan fingerprint density at radius 3 is 2.83 bits per heavy atom. The number of aryl methyl sites for hydroxylation is 2. The van der Waals surface area contributed by atoms with Gasteiger partial charge in [-0.15, -0.1) is 11.3 Å². The summed E-state index contributed by atoms with van der Waals surface area (Å²) in [4.78, 5) is 18.1. The quantitative estimate of drug-likeness (QED) is 0.767. The highest BCUT2D eigenvalue weighted by Gasteiger charge is 2.17. The monoisotopic (exact) mass is 347 g/mol. The van der Waals surface area contributed by atoms with Crippen LogP contribution in [0.25, 0.3) is 0 Å². The van der Waals surface area contributed by atoms with Gasteiger partial charge in [-0.2, -0.15) is 0 Å². The smallest absolute Gasteiger partial charge is 0.242 e. The number of nitrogens with zero attached hydrogens (tertiary/aromatic N) is 1. The van der Waals surface area contributed by atoms with Gasteiger partial charge in [-0.05, 0) is 31.9 Å². The van der Waals surface area contributed by atoms with Crippen molar-refractivity contribution in [2.24, 2.45) is 0 Å². The van der Waals surface area contributed by atoms with Crippen molar-refractivity contribution < 1.29 is 9.53 Å². The summed E-state index contributed by atoms with van der Waals surface area (Å²) in [6.07, 6.45) is 1.58. The standard InChI is InChI=1S/C18H25N3O2S/c1-5-15-17(24-12(3)20-15)11-19-18(22)16(6-2)21-13-8-7-9-14(10-13)23-4/h7-10,16,21H,5-6,11H2,1-4H3,(H,19,22)/t16-/m0/s1. The Hall–Kier alpha value is -2.08. The van der Waals surface area contributed by atoms with Crippen LogP contribution in [0.5, 0.6) is 5.75 Å². The SMILES string of the molecule is CCc1nc(C)sc1CNC(=O)[C@H](CC)Nc1cccc(OC)c1. The molecule has 1 heterocycles. The highest BCUT2D eigenvalue weighted by atomic mass is 32.1. The van der Waals surface area contributed by atoms with Crippen LogP contribution in [0.2, 0.25) is 0 Å². The molecule has 1 atom stereocenters. The molecule has 0 aliphatic heterocycles. The Bertz CT molecular complexity index is 685. The fraction of sp³-hybridized carbons (Fsp3) is 0.444. The Morgan fingerprint density at radius 2 is 2.17 bits per heavy atom. The number of hydrogen-bond donors (Lipinski definition) is 2. The van der Waals surface area contributed by atoms with E-state index in [-0.39, 0.29) is 11.9 Å². The molecule has 24 heavy (non-hydrogen) atoms. The molecule has 2 aromatic rings. The van der Waals surface area contributed by atoms with E-state index < -0.39 is 0 Å². The van der Waals surface area contributed by atoms with Gasteiger partial charge in [-0.25, -0.2) is 4.98 Å². The van der Waals surface area contributed by atoms with Gasteiger partial charge in [0.1, 0.15) is 11.8 Å². The predicted molar refractivity (Wildman–Crippen MR) is 98.8 cm³/mol. The van der Waals surface area contributed by atoms with E-state index in [4.69, 9.17) is 4.74 Å². The zero-order valence-corrected chi connectivity index (χ0v) is 15.5. The molecule has 1 amide bonds. The van der Waals surface area contributed by atoms with Crippen LogP contribution in [0.1, 0.15) is 35.8 Å². The average molecular weight is 347 g/mol. The van der Waals surface area contributed by atoms with Crippen molar-refractivity contribution in [1.29, 1.82) is 0 Å². The number of hydrogen-bond acceptors (Lipinski definition) is 5. The molecule has 0 spiro atoms. The third-order valence-electron chi connectivity index (χ3n) is 3.78. The van der Waals surface area contributed by atoms with Gasteiger partial charge in [-0.3, -0.25) is 4.79 Å². The molecule has 0 saturated heterocycles. The molecule has 0 fully saturated rings. The van der Waals surface area contributed by atoms with Gasteiger partial charge in [0, 0.05) is 16.6 Å². The zero-order chi connectivity index (χ0) is 17.5. The lowest BCUT2D eigenvalue weighted by Gasteiger charge is -2.18. The number of benzene rings is 1. The lowest BCUT2D eigenvalue weighted by Crippen LogP contribution is -2.38. The van der Waals surface area contributed by atoms with Crippen molar-refractivity contribution in [2.45, 2.75) is 46.2 Å². The van der Waals surface area contributed by atoms with Crippen molar-refractivity contribution in [3.63, 3.8) is 0 Å². The molecular formula is C18H25N3O2S. The maximum Gasteiger partial charge on any atom is 0.242 e. The Kier molecular flexibility index (Phi) is 6.61. The molecule has 0 bridgehead atoms. The van der Waals surface area contributed by atoms with Gasteiger partial charge in [0.15, 0.2) is 0 Å². The minimum atomic E-state index is -0.281. The second-order valence-electron chi connectivity index (χ2n) is 5.51. The molecule has 1 aromatic heterocycles. The molecule has 0 unspecified atom stereocenters. The average Bonchev–Trinajstić information content (AvgIpc) is 2.97. The minimum absolute atomic E-state index is 0.00609. The lowest BCUT2D eigenvalue weighted by atomic mass is 10.2. The van der Waals surface area contributed by atoms with Crippen LogP contribution in [-0.4, -0.2) is 24.0 Å². The molecule has 2 N–H and O–H groups in total. The third kappa shape index (κ3) is 4.71. The highest BCUT2D eigenvalue weighted by molar-refractivity contribution is 7.11. The van der Waals surface area contributed by atoms with E-state index in [1.54, 1.807) is 18.4 Å². The number of carbonyl (C=O) groups is 1. The number of aromatic nitrogens is 1. The third-order valence-corrected chi connectivity index (χ3v) is 4.79. The summed E-state index contributed by atoms with van der Waals surface area (Å²) in [5.41, 5.74) is 1.95. The number of ether oxygens (including phenoxy) is 1. The first-order valence-electron chi connectivity index (χ1n) is 8.20. The molecule has 2 rings (SSSR count). The van der Waals surface area contributed by atoms with Crippen LogP contribution in [0.15, 0.2) is 24.3 Å². The normalized spacial score (nSPS) is 11.8. The Balaban J connectivity index is 1.98. The van der Waals surface area contributed by atoms with Crippen LogP contribution < -0.4 is 15.4 Å². The summed E-state index contributed by atoms with van der Waals surface area (Å²) in [5.74, 6) is 0.761. The van der Waals surface area contributed by atoms with Crippen molar-refractivity contribution in [3.05, 3.63) is 39.8 Å². The fourth-order valence-electron chi connectivity index (χ4n) is 2.48. The van der Waals surface area contributed by atoms with Crippen molar-refractivity contribution >= 4 is 22.9 Å². The number of anilines is 1. The summed E-state index contributed by atoms with van der Waals surface area (Å²) in [7, 11) is 1.63. The number of amides is 1. The van der Waals surface area contributed by atoms with E-state index in [1.807, 2.05) is 38.1 Å².